The highest BCUT2D eigenvalue weighted by Crippen LogP contribution is 2.33. The van der Waals surface area contributed by atoms with E-state index in [0.717, 1.165) is 17.5 Å². The summed E-state index contributed by atoms with van der Waals surface area (Å²) in [5.41, 5.74) is 2.64. The molecule has 0 unspecified atom stereocenters. The normalized spacial score (nSPS) is 17.0. The molecule has 2 aromatic carbocycles. The van der Waals surface area contributed by atoms with Gasteiger partial charge in [-0.3, -0.25) is 4.79 Å². The molecule has 0 saturated carbocycles. The van der Waals surface area contributed by atoms with Crippen molar-refractivity contribution in [3.8, 4) is 11.1 Å². The molecule has 1 aliphatic rings. The summed E-state index contributed by atoms with van der Waals surface area (Å²) in [4.78, 5) is 27.4. The Morgan fingerprint density at radius 2 is 1.93 bits per heavy atom. The second kappa shape index (κ2) is 9.19. The first-order valence-corrected chi connectivity index (χ1v) is 10.6. The Bertz CT molecular complexity index is 935. The zero-order valence-corrected chi connectivity index (χ0v) is 18.7. The molecule has 0 aliphatic carbocycles. The van der Waals surface area contributed by atoms with Crippen molar-refractivity contribution in [2.24, 2.45) is 0 Å². The SMILES string of the molecule is CCc1cccc(-c2c(Cl)cccc2C(=O)[C@H]2CN(C(=O)OC(C)(C)C)CCO2)c1. The van der Waals surface area contributed by atoms with Gasteiger partial charge < -0.3 is 14.4 Å². The number of benzene rings is 2. The van der Waals surface area contributed by atoms with Gasteiger partial charge in [0.25, 0.3) is 0 Å². The van der Waals surface area contributed by atoms with Gasteiger partial charge in [-0.05, 0) is 44.4 Å². The second-order valence-corrected chi connectivity index (χ2v) is 8.77. The Morgan fingerprint density at radius 1 is 1.20 bits per heavy atom. The molecule has 6 heteroatoms. The lowest BCUT2D eigenvalue weighted by Gasteiger charge is -2.33. The van der Waals surface area contributed by atoms with Crippen LogP contribution in [0.2, 0.25) is 5.02 Å². The van der Waals surface area contributed by atoms with Crippen LogP contribution in [0.5, 0.6) is 0 Å². The summed E-state index contributed by atoms with van der Waals surface area (Å²) in [6.45, 7) is 8.34. The molecular formula is C24H28ClNO4. The van der Waals surface area contributed by atoms with Gasteiger partial charge in [-0.15, -0.1) is 0 Å². The molecule has 1 atom stereocenters. The zero-order valence-electron chi connectivity index (χ0n) is 17.9. The third-order valence-corrected chi connectivity index (χ3v) is 5.23. The molecule has 1 saturated heterocycles. The van der Waals surface area contributed by atoms with E-state index in [1.54, 1.807) is 18.2 Å². The quantitative estimate of drug-likeness (QED) is 0.611. The van der Waals surface area contributed by atoms with Crippen molar-refractivity contribution >= 4 is 23.5 Å². The van der Waals surface area contributed by atoms with Crippen LogP contribution in [0.25, 0.3) is 11.1 Å². The molecule has 1 heterocycles. The number of amides is 1. The molecular weight excluding hydrogens is 402 g/mol. The summed E-state index contributed by atoms with van der Waals surface area (Å²) in [5.74, 6) is -0.192. The van der Waals surface area contributed by atoms with E-state index in [1.165, 1.54) is 4.90 Å². The van der Waals surface area contributed by atoms with E-state index in [-0.39, 0.29) is 18.9 Å². The maximum absolute atomic E-state index is 13.4. The van der Waals surface area contributed by atoms with Crippen molar-refractivity contribution in [3.05, 3.63) is 58.6 Å². The van der Waals surface area contributed by atoms with Gasteiger partial charge in [0.1, 0.15) is 11.7 Å². The first kappa shape index (κ1) is 22.3. The van der Waals surface area contributed by atoms with E-state index < -0.39 is 17.8 Å². The smallest absolute Gasteiger partial charge is 0.410 e. The maximum atomic E-state index is 13.4. The number of ether oxygens (including phenoxy) is 2. The van der Waals surface area contributed by atoms with Gasteiger partial charge >= 0.3 is 6.09 Å². The van der Waals surface area contributed by atoms with Crippen LogP contribution < -0.4 is 0 Å². The largest absolute Gasteiger partial charge is 0.444 e. The van der Waals surface area contributed by atoms with Crippen LogP contribution in [0.1, 0.15) is 43.6 Å². The van der Waals surface area contributed by atoms with E-state index in [1.807, 2.05) is 45.0 Å². The molecule has 0 radical (unpaired) electrons. The number of nitrogens with zero attached hydrogens (tertiary/aromatic N) is 1. The van der Waals surface area contributed by atoms with E-state index in [2.05, 4.69) is 6.92 Å². The Kier molecular flexibility index (Phi) is 6.84. The molecule has 0 spiro atoms. The van der Waals surface area contributed by atoms with Crippen molar-refractivity contribution in [2.45, 2.75) is 45.8 Å². The summed E-state index contributed by atoms with van der Waals surface area (Å²) in [6, 6.07) is 13.3. The highest BCUT2D eigenvalue weighted by atomic mass is 35.5. The number of hydrogen-bond acceptors (Lipinski definition) is 4. The number of rotatable bonds is 4. The minimum absolute atomic E-state index is 0.148. The third-order valence-electron chi connectivity index (χ3n) is 4.91. The topological polar surface area (TPSA) is 55.8 Å². The van der Waals surface area contributed by atoms with Gasteiger partial charge in [0.2, 0.25) is 0 Å². The number of Topliss-reactive ketones (excluding diaryl/α,β-unsaturated/α-hetero) is 1. The molecule has 0 bridgehead atoms. The average molecular weight is 430 g/mol. The predicted octanol–water partition coefficient (Wildman–Crippen LogP) is 5.39. The molecule has 1 aliphatic heterocycles. The standard InChI is InChI=1S/C24H28ClNO4/c1-5-16-8-6-9-17(14-16)21-18(10-7-11-19(21)25)22(27)20-15-26(12-13-29-20)23(28)30-24(2,3)4/h6-11,14,20H,5,12-13,15H2,1-4H3/t20-/m1/s1. The fourth-order valence-electron chi connectivity index (χ4n) is 3.44. The number of morpholine rings is 1. The molecule has 1 amide bonds. The number of hydrogen-bond donors (Lipinski definition) is 0. The van der Waals surface area contributed by atoms with Crippen molar-refractivity contribution in [3.63, 3.8) is 0 Å². The van der Waals surface area contributed by atoms with Gasteiger partial charge in [0.05, 0.1) is 13.2 Å². The maximum Gasteiger partial charge on any atom is 0.410 e. The molecule has 2 aromatic rings. The number of carbonyl (C=O) groups excluding carboxylic acids is 2. The molecule has 160 valence electrons. The molecule has 30 heavy (non-hydrogen) atoms. The Hall–Kier alpha value is -2.37. The third kappa shape index (κ3) is 5.21. The van der Waals surface area contributed by atoms with Crippen LogP contribution in [-0.2, 0) is 15.9 Å². The molecule has 0 aromatic heterocycles. The molecule has 1 fully saturated rings. The Morgan fingerprint density at radius 3 is 2.63 bits per heavy atom. The van der Waals surface area contributed by atoms with Gasteiger partial charge in [0.15, 0.2) is 5.78 Å². The molecule has 3 rings (SSSR count). The van der Waals surface area contributed by atoms with E-state index in [0.29, 0.717) is 22.7 Å². The summed E-state index contributed by atoms with van der Waals surface area (Å²) >= 11 is 6.52. The van der Waals surface area contributed by atoms with Gasteiger partial charge in [-0.1, -0.05) is 54.9 Å². The van der Waals surface area contributed by atoms with E-state index in [9.17, 15) is 9.59 Å². The van der Waals surface area contributed by atoms with Crippen LogP contribution in [0.15, 0.2) is 42.5 Å². The van der Waals surface area contributed by atoms with Gasteiger partial charge in [-0.25, -0.2) is 4.79 Å². The minimum atomic E-state index is -0.766. The summed E-state index contributed by atoms with van der Waals surface area (Å²) in [7, 11) is 0. The van der Waals surface area contributed by atoms with E-state index >= 15 is 0 Å². The summed E-state index contributed by atoms with van der Waals surface area (Å²) in [5, 5.41) is 0.508. The van der Waals surface area contributed by atoms with Crippen LogP contribution in [-0.4, -0.2) is 48.2 Å². The lowest BCUT2D eigenvalue weighted by atomic mass is 9.93. The van der Waals surface area contributed by atoms with Crippen LogP contribution in [0.4, 0.5) is 4.79 Å². The Balaban J connectivity index is 1.88. The zero-order chi connectivity index (χ0) is 21.9. The number of halogens is 1. The number of ketones is 1. The minimum Gasteiger partial charge on any atom is -0.444 e. The van der Waals surface area contributed by atoms with Crippen molar-refractivity contribution in [1.82, 2.24) is 4.90 Å². The molecule has 5 nitrogen and oxygen atoms in total. The van der Waals surface area contributed by atoms with E-state index in [4.69, 9.17) is 21.1 Å². The first-order chi connectivity index (χ1) is 14.2. The average Bonchev–Trinajstić information content (AvgIpc) is 2.72. The lowest BCUT2D eigenvalue weighted by molar-refractivity contribution is -0.0321. The first-order valence-electron chi connectivity index (χ1n) is 10.2. The van der Waals surface area contributed by atoms with Crippen LogP contribution in [0.3, 0.4) is 0 Å². The van der Waals surface area contributed by atoms with Gasteiger partial charge in [-0.2, -0.15) is 0 Å². The fourth-order valence-corrected chi connectivity index (χ4v) is 3.73. The second-order valence-electron chi connectivity index (χ2n) is 8.37. The molecule has 0 N–H and O–H groups in total. The van der Waals surface area contributed by atoms with Crippen LogP contribution in [0, 0.1) is 0 Å². The van der Waals surface area contributed by atoms with Gasteiger partial charge in [0, 0.05) is 22.7 Å². The van der Waals surface area contributed by atoms with Crippen molar-refractivity contribution in [1.29, 1.82) is 0 Å². The number of carbonyl (C=O) groups is 2. The summed E-state index contributed by atoms with van der Waals surface area (Å²) in [6.07, 6.45) is -0.318. The fraction of sp³-hybridized carbons (Fsp3) is 0.417. The highest BCUT2D eigenvalue weighted by molar-refractivity contribution is 6.34. The van der Waals surface area contributed by atoms with Crippen LogP contribution >= 0.6 is 11.6 Å². The highest BCUT2D eigenvalue weighted by Gasteiger charge is 2.33. The lowest BCUT2D eigenvalue weighted by Crippen LogP contribution is -2.50. The van der Waals surface area contributed by atoms with Crippen molar-refractivity contribution in [2.75, 3.05) is 19.7 Å². The monoisotopic (exact) mass is 429 g/mol. The number of aryl methyl sites for hydroxylation is 1. The summed E-state index contributed by atoms with van der Waals surface area (Å²) < 4.78 is 11.2. The van der Waals surface area contributed by atoms with Crippen molar-refractivity contribution < 1.29 is 19.1 Å². The Labute approximate surface area is 182 Å². The predicted molar refractivity (Wildman–Crippen MR) is 118 cm³/mol.